The second kappa shape index (κ2) is 13.6. The molecule has 234 valence electrons. The molecule has 0 aromatic heterocycles. The number of amides is 4. The van der Waals surface area contributed by atoms with Crippen molar-refractivity contribution in [1.29, 1.82) is 0 Å². The van der Waals surface area contributed by atoms with Gasteiger partial charge in [0.1, 0.15) is 11.2 Å². The summed E-state index contributed by atoms with van der Waals surface area (Å²) in [6.45, 7) is 13.9. The van der Waals surface area contributed by atoms with Crippen molar-refractivity contribution in [3.63, 3.8) is 0 Å². The molecule has 0 heterocycles. The van der Waals surface area contributed by atoms with Crippen molar-refractivity contribution in [2.45, 2.75) is 66.6 Å². The topological polar surface area (TPSA) is 135 Å². The molecule has 10 nitrogen and oxygen atoms in total. The number of halogens is 2. The zero-order chi connectivity index (χ0) is 33.0. The minimum atomic E-state index is -0.668. The number of rotatable bonds is 6. The van der Waals surface area contributed by atoms with E-state index in [9.17, 15) is 19.2 Å². The van der Waals surface area contributed by atoms with Crippen LogP contribution in [-0.2, 0) is 9.47 Å². The smallest absolute Gasteiger partial charge is 0.412 e. The summed E-state index contributed by atoms with van der Waals surface area (Å²) in [4.78, 5) is 50.4. The molecule has 0 aliphatic heterocycles. The highest BCUT2D eigenvalue weighted by atomic mass is 35.5. The van der Waals surface area contributed by atoms with Crippen LogP contribution in [0.15, 0.2) is 48.5 Å². The Hall–Kier alpha value is -4.28. The summed E-state index contributed by atoms with van der Waals surface area (Å²) >= 11 is 12.6. The predicted molar refractivity (Wildman–Crippen MR) is 174 cm³/mol. The normalized spacial score (nSPS) is 11.3. The van der Waals surface area contributed by atoms with E-state index in [-0.39, 0.29) is 10.0 Å². The van der Waals surface area contributed by atoms with Crippen molar-refractivity contribution in [2.75, 3.05) is 21.3 Å². The average molecular weight is 644 g/mol. The van der Waals surface area contributed by atoms with Gasteiger partial charge in [-0.15, -0.1) is 0 Å². The van der Waals surface area contributed by atoms with Crippen LogP contribution in [0.4, 0.5) is 32.3 Å². The fourth-order valence-electron chi connectivity index (χ4n) is 3.92. The van der Waals surface area contributed by atoms with E-state index in [1.54, 1.807) is 91.8 Å². The van der Waals surface area contributed by atoms with E-state index < -0.39 is 35.2 Å². The molecule has 0 unspecified atom stereocenters. The maximum absolute atomic E-state index is 13.1. The lowest BCUT2D eigenvalue weighted by atomic mass is 9.98. The predicted octanol–water partition coefficient (Wildman–Crippen LogP) is 8.81. The van der Waals surface area contributed by atoms with Crippen molar-refractivity contribution in [2.24, 2.45) is 0 Å². The van der Waals surface area contributed by atoms with Crippen LogP contribution in [0, 0.1) is 13.8 Å². The summed E-state index contributed by atoms with van der Waals surface area (Å²) < 4.78 is 10.5. The highest BCUT2D eigenvalue weighted by Gasteiger charge is 2.20. The average Bonchev–Trinajstić information content (AvgIpc) is 2.86. The molecule has 4 N–H and O–H groups in total. The molecule has 0 aliphatic carbocycles. The maximum atomic E-state index is 13.1. The van der Waals surface area contributed by atoms with Gasteiger partial charge in [0.2, 0.25) is 0 Å². The Labute approximate surface area is 266 Å². The van der Waals surface area contributed by atoms with Crippen LogP contribution >= 0.6 is 23.2 Å². The van der Waals surface area contributed by atoms with Gasteiger partial charge in [-0.3, -0.25) is 20.2 Å². The molecule has 4 amide bonds. The third kappa shape index (κ3) is 9.89. The third-order valence-corrected chi connectivity index (χ3v) is 6.41. The molecule has 0 saturated carbocycles. The van der Waals surface area contributed by atoms with Crippen LogP contribution in [0.25, 0.3) is 0 Å². The standard InChI is InChI=1S/C32H36Cl2N4O6/c1-17-13-22(28(40)36-20-10-12-26(24(34)16-20)38-30(42)44-32(6,7)8)18(2)14-21(17)27(39)35-19-9-11-25(23(33)15-19)37-29(41)43-31(3,4)5/h9-16H,1-8H3,(H,35,39)(H,36,40)(H,37,41)(H,38,42). The Bertz CT molecular complexity index is 1490. The SMILES string of the molecule is Cc1cc(C(=O)Nc2ccc(NC(=O)OC(C)(C)C)c(Cl)c2)c(C)cc1C(=O)Nc1ccc(NC(=O)OC(C)(C)C)c(Cl)c1. The Morgan fingerprint density at radius 2 is 0.909 bits per heavy atom. The number of ether oxygens (including phenoxy) is 2. The lowest BCUT2D eigenvalue weighted by molar-refractivity contribution is 0.0624. The number of carbonyl (C=O) groups excluding carboxylic acids is 4. The first-order valence-corrected chi connectivity index (χ1v) is 14.4. The van der Waals surface area contributed by atoms with Gasteiger partial charge in [0.15, 0.2) is 0 Å². The van der Waals surface area contributed by atoms with E-state index in [0.29, 0.717) is 45.0 Å². The van der Waals surface area contributed by atoms with Gasteiger partial charge in [-0.25, -0.2) is 9.59 Å². The molecule has 0 radical (unpaired) electrons. The van der Waals surface area contributed by atoms with Gasteiger partial charge in [0.05, 0.1) is 21.4 Å². The quantitative estimate of drug-likeness (QED) is 0.212. The summed E-state index contributed by atoms with van der Waals surface area (Å²) in [6, 6.07) is 12.6. The highest BCUT2D eigenvalue weighted by Crippen LogP contribution is 2.29. The summed E-state index contributed by atoms with van der Waals surface area (Å²) in [5.74, 6) is -0.803. The lowest BCUT2D eigenvalue weighted by Crippen LogP contribution is -2.27. The van der Waals surface area contributed by atoms with Crippen molar-refractivity contribution < 1.29 is 28.7 Å². The Kier molecular flexibility index (Phi) is 10.6. The molecular formula is C32H36Cl2N4O6. The second-order valence-electron chi connectivity index (χ2n) is 12.0. The van der Waals surface area contributed by atoms with E-state index in [1.807, 2.05) is 0 Å². The largest absolute Gasteiger partial charge is 0.444 e. The summed E-state index contributed by atoms with van der Waals surface area (Å²) in [7, 11) is 0. The number of anilines is 4. The molecule has 3 rings (SSSR count). The Morgan fingerprint density at radius 1 is 0.568 bits per heavy atom. The first-order valence-electron chi connectivity index (χ1n) is 13.6. The molecule has 3 aromatic carbocycles. The Morgan fingerprint density at radius 3 is 1.20 bits per heavy atom. The molecule has 44 heavy (non-hydrogen) atoms. The fraction of sp³-hybridized carbons (Fsp3) is 0.312. The molecular weight excluding hydrogens is 607 g/mol. The number of benzene rings is 3. The van der Waals surface area contributed by atoms with E-state index in [0.717, 1.165) is 0 Å². The van der Waals surface area contributed by atoms with Crippen molar-refractivity contribution in [3.05, 3.63) is 80.8 Å². The van der Waals surface area contributed by atoms with E-state index >= 15 is 0 Å². The highest BCUT2D eigenvalue weighted by molar-refractivity contribution is 6.34. The summed E-state index contributed by atoms with van der Waals surface area (Å²) in [5.41, 5.74) is 2.03. The first kappa shape index (κ1) is 34.2. The monoisotopic (exact) mass is 642 g/mol. The van der Waals surface area contributed by atoms with Gasteiger partial charge >= 0.3 is 12.2 Å². The molecule has 0 spiro atoms. The van der Waals surface area contributed by atoms with Gasteiger partial charge in [-0.05, 0) is 115 Å². The van der Waals surface area contributed by atoms with Crippen LogP contribution in [0.3, 0.4) is 0 Å². The molecule has 0 saturated heterocycles. The van der Waals surface area contributed by atoms with Crippen molar-refractivity contribution >= 4 is 70.0 Å². The molecule has 0 aliphatic rings. The number of hydrogen-bond acceptors (Lipinski definition) is 6. The van der Waals surface area contributed by atoms with E-state index in [4.69, 9.17) is 32.7 Å². The van der Waals surface area contributed by atoms with E-state index in [1.165, 1.54) is 12.1 Å². The molecule has 0 fully saturated rings. The number of hydrogen-bond donors (Lipinski definition) is 4. The van der Waals surface area contributed by atoms with Gasteiger partial charge < -0.3 is 20.1 Å². The Balaban J connectivity index is 1.68. The first-order chi connectivity index (χ1) is 20.3. The van der Waals surface area contributed by atoms with Crippen molar-refractivity contribution in [3.8, 4) is 0 Å². The zero-order valence-electron chi connectivity index (χ0n) is 25.8. The van der Waals surface area contributed by atoms with Crippen LogP contribution in [0.2, 0.25) is 10.0 Å². The fourth-order valence-corrected chi connectivity index (χ4v) is 4.37. The molecule has 0 atom stereocenters. The van der Waals surface area contributed by atoms with Gasteiger partial charge in [0, 0.05) is 22.5 Å². The van der Waals surface area contributed by atoms with E-state index in [2.05, 4.69) is 21.3 Å². The van der Waals surface area contributed by atoms with Gasteiger partial charge in [0.25, 0.3) is 11.8 Å². The van der Waals surface area contributed by atoms with Crippen LogP contribution in [0.5, 0.6) is 0 Å². The molecule has 3 aromatic rings. The zero-order valence-corrected chi connectivity index (χ0v) is 27.3. The lowest BCUT2D eigenvalue weighted by Gasteiger charge is -2.20. The van der Waals surface area contributed by atoms with Crippen LogP contribution < -0.4 is 21.3 Å². The van der Waals surface area contributed by atoms with Gasteiger partial charge in [-0.1, -0.05) is 23.2 Å². The minimum Gasteiger partial charge on any atom is -0.444 e. The third-order valence-electron chi connectivity index (χ3n) is 5.79. The number of aryl methyl sites for hydroxylation is 2. The summed E-state index contributed by atoms with van der Waals surface area (Å²) in [5, 5.41) is 11.2. The summed E-state index contributed by atoms with van der Waals surface area (Å²) in [6.07, 6.45) is -1.30. The van der Waals surface area contributed by atoms with Gasteiger partial charge in [-0.2, -0.15) is 0 Å². The number of nitrogens with one attached hydrogen (secondary N) is 4. The minimum absolute atomic E-state index is 0.210. The van der Waals surface area contributed by atoms with Crippen LogP contribution in [-0.4, -0.2) is 35.2 Å². The second-order valence-corrected chi connectivity index (χ2v) is 12.8. The van der Waals surface area contributed by atoms with Crippen molar-refractivity contribution in [1.82, 2.24) is 0 Å². The molecule has 0 bridgehead atoms. The molecule has 12 heteroatoms. The maximum Gasteiger partial charge on any atom is 0.412 e. The van der Waals surface area contributed by atoms with Crippen LogP contribution in [0.1, 0.15) is 73.4 Å². The number of carbonyl (C=O) groups is 4.